The molecule has 1 aliphatic heterocycles. The molecule has 2 aromatic carbocycles. The van der Waals surface area contributed by atoms with Crippen LogP contribution in [0, 0.1) is 4.77 Å². The van der Waals surface area contributed by atoms with Crippen LogP contribution in [0.2, 0.25) is 0 Å². The fourth-order valence-corrected chi connectivity index (χ4v) is 4.41. The van der Waals surface area contributed by atoms with Crippen molar-refractivity contribution in [1.29, 1.82) is 0 Å². The Morgan fingerprint density at radius 3 is 2.53 bits per heavy atom. The third kappa shape index (κ3) is 4.07. The molecule has 0 unspecified atom stereocenters. The molecule has 34 heavy (non-hydrogen) atoms. The van der Waals surface area contributed by atoms with E-state index in [4.69, 9.17) is 17.0 Å². The number of anilines is 1. The van der Waals surface area contributed by atoms with Crippen LogP contribution in [-0.2, 0) is 6.54 Å². The van der Waals surface area contributed by atoms with Crippen molar-refractivity contribution in [2.45, 2.75) is 31.2 Å². The molecule has 2 N–H and O–H groups in total. The van der Waals surface area contributed by atoms with Crippen molar-refractivity contribution in [1.82, 2.24) is 24.5 Å². The lowest BCUT2D eigenvalue weighted by molar-refractivity contribution is -0.173. The Labute approximate surface area is 198 Å². The van der Waals surface area contributed by atoms with Crippen molar-refractivity contribution in [3.05, 3.63) is 76.7 Å². The lowest BCUT2D eigenvalue weighted by Gasteiger charge is -2.34. The highest BCUT2D eigenvalue weighted by atomic mass is 32.1. The number of nitrogens with one attached hydrogen (secondary N) is 2. The number of nitrogens with zero attached hydrogens (tertiary/aromatic N) is 4. The summed E-state index contributed by atoms with van der Waals surface area (Å²) in [4.78, 5) is 0. The monoisotopic (exact) mass is 486 g/mol. The average molecular weight is 487 g/mol. The average Bonchev–Trinajstić information content (AvgIpc) is 3.41. The molecule has 2 aromatic heterocycles. The van der Waals surface area contributed by atoms with E-state index in [0.717, 1.165) is 15.8 Å². The van der Waals surface area contributed by atoms with Gasteiger partial charge in [0.2, 0.25) is 0 Å². The number of hydrogen-bond donors (Lipinski definition) is 2. The first-order valence-corrected chi connectivity index (χ1v) is 11.0. The second kappa shape index (κ2) is 8.64. The molecule has 0 amide bonds. The van der Waals surface area contributed by atoms with Crippen molar-refractivity contribution in [3.8, 4) is 17.1 Å². The Kier molecular flexibility index (Phi) is 5.64. The summed E-state index contributed by atoms with van der Waals surface area (Å²) in [5, 5.41) is 14.5. The molecule has 5 rings (SSSR count). The number of hydrogen-bond acceptors (Lipinski definition) is 5. The summed E-state index contributed by atoms with van der Waals surface area (Å²) in [6.45, 7) is 0.417. The lowest BCUT2D eigenvalue weighted by atomic mass is 9.96. The Bertz CT molecular complexity index is 1340. The first-order valence-electron chi connectivity index (χ1n) is 10.6. The largest absolute Gasteiger partial charge is 0.497 e. The van der Waals surface area contributed by atoms with Crippen LogP contribution in [0.4, 0.5) is 19.0 Å². The van der Waals surface area contributed by atoms with Gasteiger partial charge >= 0.3 is 6.18 Å². The van der Waals surface area contributed by atoms with Crippen LogP contribution in [0.5, 0.6) is 5.75 Å². The van der Waals surface area contributed by atoms with Crippen LogP contribution >= 0.6 is 12.2 Å². The number of H-pyrrole nitrogens is 1. The Hall–Kier alpha value is -3.60. The van der Waals surface area contributed by atoms with Gasteiger partial charge in [-0.25, -0.2) is 4.68 Å². The summed E-state index contributed by atoms with van der Waals surface area (Å²) in [5.74, 6) is 1.30. The molecule has 0 saturated heterocycles. The zero-order valence-corrected chi connectivity index (χ0v) is 18.9. The van der Waals surface area contributed by atoms with Crippen molar-refractivity contribution < 1.29 is 17.9 Å². The number of ether oxygens (including phenoxy) is 1. The summed E-state index contributed by atoms with van der Waals surface area (Å²) in [6.07, 6.45) is -3.26. The number of aromatic amines is 1. The first-order chi connectivity index (χ1) is 16.3. The van der Waals surface area contributed by atoms with Crippen LogP contribution in [0.25, 0.3) is 11.4 Å². The second-order valence-corrected chi connectivity index (χ2v) is 8.43. The molecule has 11 heteroatoms. The highest BCUT2D eigenvalue weighted by molar-refractivity contribution is 7.71. The topological polar surface area (TPSA) is 72.7 Å². The molecule has 176 valence electrons. The Morgan fingerprint density at radius 1 is 1.12 bits per heavy atom. The predicted octanol–water partition coefficient (Wildman–Crippen LogP) is 5.52. The summed E-state index contributed by atoms with van der Waals surface area (Å²) < 4.78 is 50.5. The molecule has 0 saturated carbocycles. The standard InChI is InChI=1S/C23H21F3N6OS/c1-33-16-9-7-15(8-10-16)18-11-19(23(24,25)26)32-20(28-18)17(12-27-32)21-29-30-22(34)31(21)13-14-5-3-2-4-6-14/h2-10,12,18-19,28H,11,13H2,1H3,(H,30,34)/t18-,19-/m1/s1. The van der Waals surface area contributed by atoms with Crippen molar-refractivity contribution >= 4 is 18.0 Å². The van der Waals surface area contributed by atoms with Gasteiger partial charge in [-0.3, -0.25) is 9.67 Å². The van der Waals surface area contributed by atoms with Gasteiger partial charge in [-0.1, -0.05) is 42.5 Å². The number of methoxy groups -OCH3 is 1. The smallest absolute Gasteiger partial charge is 0.410 e. The molecule has 0 bridgehead atoms. The number of aromatic nitrogens is 5. The normalized spacial score (nSPS) is 17.8. The van der Waals surface area contributed by atoms with E-state index in [0.29, 0.717) is 28.5 Å². The molecule has 7 nitrogen and oxygen atoms in total. The first kappa shape index (κ1) is 22.2. The fourth-order valence-electron chi connectivity index (χ4n) is 4.22. The van der Waals surface area contributed by atoms with Gasteiger partial charge in [0.25, 0.3) is 0 Å². The van der Waals surface area contributed by atoms with Gasteiger partial charge in [0.15, 0.2) is 16.6 Å². The summed E-state index contributed by atoms with van der Waals surface area (Å²) >= 11 is 5.41. The molecule has 1 aliphatic rings. The van der Waals surface area contributed by atoms with Crippen LogP contribution in [0.3, 0.4) is 0 Å². The molecule has 2 atom stereocenters. The van der Waals surface area contributed by atoms with Gasteiger partial charge in [0, 0.05) is 6.42 Å². The van der Waals surface area contributed by atoms with E-state index >= 15 is 0 Å². The molecular weight excluding hydrogens is 465 g/mol. The van der Waals surface area contributed by atoms with Gasteiger partial charge < -0.3 is 10.1 Å². The zero-order valence-electron chi connectivity index (χ0n) is 18.1. The van der Waals surface area contributed by atoms with E-state index in [9.17, 15) is 13.2 Å². The second-order valence-electron chi connectivity index (χ2n) is 8.04. The highest BCUT2D eigenvalue weighted by Gasteiger charge is 2.47. The number of fused-ring (bicyclic) bond motifs is 1. The Morgan fingerprint density at radius 2 is 1.85 bits per heavy atom. The SMILES string of the molecule is COc1ccc([C@H]2C[C@H](C(F)(F)F)n3ncc(-c4n[nH]c(=S)n4Cc4ccccc4)c3N2)cc1. The van der Waals surface area contributed by atoms with Gasteiger partial charge in [-0.05, 0) is 35.5 Å². The quantitative estimate of drug-likeness (QED) is 0.364. The minimum absolute atomic E-state index is 0.194. The summed E-state index contributed by atoms with van der Waals surface area (Å²) in [5.41, 5.74) is 2.15. The summed E-state index contributed by atoms with van der Waals surface area (Å²) in [7, 11) is 1.54. The zero-order chi connectivity index (χ0) is 23.9. The maximum atomic E-state index is 14.1. The number of halogens is 3. The van der Waals surface area contributed by atoms with Gasteiger partial charge in [0.05, 0.1) is 31.5 Å². The molecule has 0 aliphatic carbocycles. The van der Waals surface area contributed by atoms with Crippen LogP contribution in [0.1, 0.15) is 29.6 Å². The molecular formula is C23H21F3N6OS. The van der Waals surface area contributed by atoms with Crippen molar-refractivity contribution in [2.75, 3.05) is 12.4 Å². The molecule has 0 fully saturated rings. The van der Waals surface area contributed by atoms with E-state index in [1.54, 1.807) is 35.9 Å². The van der Waals surface area contributed by atoms with E-state index in [-0.39, 0.29) is 12.2 Å². The van der Waals surface area contributed by atoms with E-state index < -0.39 is 18.3 Å². The number of alkyl halides is 3. The fraction of sp³-hybridized carbons (Fsp3) is 0.261. The molecule has 0 spiro atoms. The van der Waals surface area contributed by atoms with Gasteiger partial charge in [-0.2, -0.15) is 23.4 Å². The Balaban J connectivity index is 1.57. The highest BCUT2D eigenvalue weighted by Crippen LogP contribution is 2.46. The third-order valence-corrected chi connectivity index (χ3v) is 6.25. The predicted molar refractivity (Wildman–Crippen MR) is 123 cm³/mol. The molecule has 4 aromatic rings. The number of benzene rings is 2. The van der Waals surface area contributed by atoms with Crippen LogP contribution in [0.15, 0.2) is 60.8 Å². The van der Waals surface area contributed by atoms with Gasteiger partial charge in [0.1, 0.15) is 11.6 Å². The van der Waals surface area contributed by atoms with Crippen LogP contribution < -0.4 is 10.1 Å². The third-order valence-electron chi connectivity index (χ3n) is 5.94. The van der Waals surface area contributed by atoms with Crippen LogP contribution in [-0.4, -0.2) is 37.8 Å². The molecule has 3 heterocycles. The van der Waals surface area contributed by atoms with Gasteiger partial charge in [-0.15, -0.1) is 0 Å². The minimum Gasteiger partial charge on any atom is -0.497 e. The number of rotatable bonds is 5. The van der Waals surface area contributed by atoms with Crippen molar-refractivity contribution in [2.24, 2.45) is 0 Å². The molecule has 0 radical (unpaired) electrons. The van der Waals surface area contributed by atoms with E-state index in [1.165, 1.54) is 6.20 Å². The maximum Gasteiger partial charge on any atom is 0.410 e. The van der Waals surface area contributed by atoms with E-state index in [2.05, 4.69) is 20.6 Å². The van der Waals surface area contributed by atoms with Crippen molar-refractivity contribution in [3.63, 3.8) is 0 Å². The van der Waals surface area contributed by atoms with E-state index in [1.807, 2.05) is 30.3 Å². The maximum absolute atomic E-state index is 14.1. The lowest BCUT2D eigenvalue weighted by Crippen LogP contribution is -2.35. The minimum atomic E-state index is -4.47. The summed E-state index contributed by atoms with van der Waals surface area (Å²) in [6, 6.07) is 14.3.